The number of anilines is 1. The standard InChI is InChI=1S/C28H37F2N3O4/c1-6-7-27(34)31-22-9-10-23-25(13-22)37-17-19(3)33(15-20-12-21(29)8-11-24(20)30)14-18(2)26(36-5)16-32(4)28(23)35/h8-13,18-19,26H,6-7,14-17H2,1-5H3,(H,31,34)/t18-,19-,26-/m1/s1. The van der Waals surface area contributed by atoms with E-state index in [1.165, 1.54) is 6.07 Å². The van der Waals surface area contributed by atoms with Crippen molar-refractivity contribution in [2.24, 2.45) is 5.92 Å². The molecule has 2 aromatic carbocycles. The van der Waals surface area contributed by atoms with Gasteiger partial charge in [-0.25, -0.2) is 8.78 Å². The van der Waals surface area contributed by atoms with E-state index in [9.17, 15) is 18.4 Å². The van der Waals surface area contributed by atoms with Gasteiger partial charge in [0.1, 0.15) is 24.0 Å². The van der Waals surface area contributed by atoms with Crippen LogP contribution in [-0.4, -0.2) is 67.6 Å². The second-order valence-electron chi connectivity index (χ2n) is 9.77. The predicted molar refractivity (Wildman–Crippen MR) is 139 cm³/mol. The van der Waals surface area contributed by atoms with Gasteiger partial charge in [0.2, 0.25) is 5.91 Å². The largest absolute Gasteiger partial charge is 0.491 e. The Hall–Kier alpha value is -3.04. The third-order valence-electron chi connectivity index (χ3n) is 6.72. The Kier molecular flexibility index (Phi) is 10.00. The first-order valence-electron chi connectivity index (χ1n) is 12.7. The monoisotopic (exact) mass is 517 g/mol. The zero-order chi connectivity index (χ0) is 27.1. The molecule has 2 aromatic rings. The molecule has 0 bridgehead atoms. The van der Waals surface area contributed by atoms with Crippen molar-refractivity contribution in [2.75, 3.05) is 39.2 Å². The van der Waals surface area contributed by atoms with E-state index < -0.39 is 11.6 Å². The highest BCUT2D eigenvalue weighted by Crippen LogP contribution is 2.27. The van der Waals surface area contributed by atoms with E-state index in [4.69, 9.17) is 9.47 Å². The van der Waals surface area contributed by atoms with Crippen LogP contribution >= 0.6 is 0 Å². The normalized spacial score (nSPS) is 21.4. The summed E-state index contributed by atoms with van der Waals surface area (Å²) in [4.78, 5) is 29.1. The van der Waals surface area contributed by atoms with Crippen LogP contribution in [0.25, 0.3) is 0 Å². The number of fused-ring (bicyclic) bond motifs is 1. The fraction of sp³-hybridized carbons (Fsp3) is 0.500. The number of nitrogens with zero attached hydrogens (tertiary/aromatic N) is 2. The number of rotatable bonds is 6. The van der Waals surface area contributed by atoms with Crippen LogP contribution < -0.4 is 10.1 Å². The van der Waals surface area contributed by atoms with Gasteiger partial charge >= 0.3 is 0 Å². The molecule has 202 valence electrons. The highest BCUT2D eigenvalue weighted by molar-refractivity contribution is 5.98. The molecular weight excluding hydrogens is 480 g/mol. The minimum Gasteiger partial charge on any atom is -0.491 e. The van der Waals surface area contributed by atoms with Crippen molar-refractivity contribution in [1.29, 1.82) is 0 Å². The van der Waals surface area contributed by atoms with Gasteiger partial charge in [-0.05, 0) is 49.6 Å². The Morgan fingerprint density at radius 2 is 1.92 bits per heavy atom. The lowest BCUT2D eigenvalue weighted by atomic mass is 10.0. The zero-order valence-electron chi connectivity index (χ0n) is 22.2. The molecule has 1 N–H and O–H groups in total. The number of hydrogen-bond acceptors (Lipinski definition) is 5. The number of methoxy groups -OCH3 is 1. The van der Waals surface area contributed by atoms with Crippen LogP contribution in [-0.2, 0) is 16.1 Å². The lowest BCUT2D eigenvalue weighted by molar-refractivity contribution is -0.116. The molecule has 0 aromatic heterocycles. The van der Waals surface area contributed by atoms with Gasteiger partial charge in [-0.1, -0.05) is 13.8 Å². The molecule has 3 atom stereocenters. The molecule has 3 rings (SSSR count). The zero-order valence-corrected chi connectivity index (χ0v) is 22.2. The molecule has 1 aliphatic heterocycles. The summed E-state index contributed by atoms with van der Waals surface area (Å²) in [5, 5.41) is 2.84. The second kappa shape index (κ2) is 13.0. The number of ether oxygens (including phenoxy) is 2. The second-order valence-corrected chi connectivity index (χ2v) is 9.77. The summed E-state index contributed by atoms with van der Waals surface area (Å²) in [5.41, 5.74) is 1.16. The number of likely N-dealkylation sites (N-methyl/N-ethyl adjacent to an activating group) is 1. The molecule has 1 aliphatic rings. The first-order valence-corrected chi connectivity index (χ1v) is 12.7. The molecule has 9 heteroatoms. The van der Waals surface area contributed by atoms with Gasteiger partial charge < -0.3 is 19.7 Å². The summed E-state index contributed by atoms with van der Waals surface area (Å²) >= 11 is 0. The first kappa shape index (κ1) is 28.5. The van der Waals surface area contributed by atoms with E-state index in [-0.39, 0.29) is 48.6 Å². The molecule has 0 spiro atoms. The third kappa shape index (κ3) is 7.49. The molecule has 0 aliphatic carbocycles. The quantitative estimate of drug-likeness (QED) is 0.601. The Morgan fingerprint density at radius 1 is 1.16 bits per heavy atom. The first-order chi connectivity index (χ1) is 17.6. The molecule has 0 fully saturated rings. The van der Waals surface area contributed by atoms with Crippen molar-refractivity contribution in [3.05, 3.63) is 59.2 Å². The van der Waals surface area contributed by atoms with E-state index in [2.05, 4.69) is 5.32 Å². The van der Waals surface area contributed by atoms with Crippen molar-refractivity contribution in [1.82, 2.24) is 9.80 Å². The molecule has 0 radical (unpaired) electrons. The van der Waals surface area contributed by atoms with Gasteiger partial charge in [0.05, 0.1) is 11.7 Å². The SMILES string of the molecule is CCCC(=O)Nc1ccc2c(c1)OC[C@@H](C)N(Cc1cc(F)ccc1F)C[C@@H](C)[C@H](OC)CN(C)C2=O. The summed E-state index contributed by atoms with van der Waals surface area (Å²) in [6, 6.07) is 8.23. The fourth-order valence-corrected chi connectivity index (χ4v) is 4.48. The Balaban J connectivity index is 1.95. The number of halogens is 2. The van der Waals surface area contributed by atoms with Crippen molar-refractivity contribution >= 4 is 17.5 Å². The third-order valence-corrected chi connectivity index (χ3v) is 6.72. The number of amides is 2. The summed E-state index contributed by atoms with van der Waals surface area (Å²) in [7, 11) is 3.31. The van der Waals surface area contributed by atoms with Gasteiger partial charge in [-0.15, -0.1) is 0 Å². The average Bonchev–Trinajstić information content (AvgIpc) is 2.86. The lowest BCUT2D eigenvalue weighted by Crippen LogP contribution is -2.46. The van der Waals surface area contributed by atoms with E-state index >= 15 is 0 Å². The number of benzene rings is 2. The molecule has 2 amide bonds. The summed E-state index contributed by atoms with van der Waals surface area (Å²) in [5.74, 6) is -0.981. The molecular formula is C28H37F2N3O4. The van der Waals surface area contributed by atoms with Crippen LogP contribution in [0.5, 0.6) is 5.75 Å². The van der Waals surface area contributed by atoms with Crippen molar-refractivity contribution in [2.45, 2.75) is 52.3 Å². The maximum Gasteiger partial charge on any atom is 0.257 e. The minimum atomic E-state index is -0.496. The minimum absolute atomic E-state index is 0.0191. The molecule has 37 heavy (non-hydrogen) atoms. The van der Waals surface area contributed by atoms with Gasteiger partial charge in [0.15, 0.2) is 0 Å². The highest BCUT2D eigenvalue weighted by Gasteiger charge is 2.29. The van der Waals surface area contributed by atoms with Crippen LogP contribution in [0.15, 0.2) is 36.4 Å². The maximum atomic E-state index is 14.5. The van der Waals surface area contributed by atoms with Crippen LogP contribution in [0.4, 0.5) is 14.5 Å². The molecule has 7 nitrogen and oxygen atoms in total. The van der Waals surface area contributed by atoms with E-state index in [1.807, 2.05) is 25.7 Å². The van der Waals surface area contributed by atoms with Gasteiger partial charge in [0, 0.05) is 63.6 Å². The summed E-state index contributed by atoms with van der Waals surface area (Å²) in [6.45, 7) is 7.11. The number of carbonyl (C=O) groups is 2. The van der Waals surface area contributed by atoms with Crippen LogP contribution in [0.1, 0.15) is 49.5 Å². The van der Waals surface area contributed by atoms with Gasteiger partial charge in [-0.2, -0.15) is 0 Å². The Bertz CT molecular complexity index is 1100. The highest BCUT2D eigenvalue weighted by atomic mass is 19.1. The summed E-state index contributed by atoms with van der Waals surface area (Å²) < 4.78 is 40.3. The molecule has 1 heterocycles. The van der Waals surface area contributed by atoms with Crippen molar-refractivity contribution in [3.63, 3.8) is 0 Å². The summed E-state index contributed by atoms with van der Waals surface area (Å²) in [6.07, 6.45) is 0.825. The molecule has 0 saturated carbocycles. The smallest absolute Gasteiger partial charge is 0.257 e. The molecule has 0 saturated heterocycles. The number of nitrogens with one attached hydrogen (secondary N) is 1. The van der Waals surface area contributed by atoms with Crippen molar-refractivity contribution in [3.8, 4) is 5.75 Å². The molecule has 0 unspecified atom stereocenters. The average molecular weight is 518 g/mol. The van der Waals surface area contributed by atoms with Crippen LogP contribution in [0.2, 0.25) is 0 Å². The van der Waals surface area contributed by atoms with Crippen LogP contribution in [0.3, 0.4) is 0 Å². The fourth-order valence-electron chi connectivity index (χ4n) is 4.48. The van der Waals surface area contributed by atoms with E-state index in [1.54, 1.807) is 37.3 Å². The topological polar surface area (TPSA) is 71.1 Å². The predicted octanol–water partition coefficient (Wildman–Crippen LogP) is 4.71. The Labute approximate surface area is 217 Å². The van der Waals surface area contributed by atoms with Crippen molar-refractivity contribution < 1.29 is 27.8 Å². The Morgan fingerprint density at radius 3 is 2.62 bits per heavy atom. The van der Waals surface area contributed by atoms with E-state index in [0.717, 1.165) is 18.6 Å². The van der Waals surface area contributed by atoms with Crippen LogP contribution in [0, 0.1) is 17.6 Å². The number of hydrogen-bond donors (Lipinski definition) is 1. The number of carbonyl (C=O) groups excluding carboxylic acids is 2. The van der Waals surface area contributed by atoms with E-state index in [0.29, 0.717) is 36.5 Å². The van der Waals surface area contributed by atoms with Gasteiger partial charge in [0.25, 0.3) is 5.91 Å². The van der Waals surface area contributed by atoms with Gasteiger partial charge in [-0.3, -0.25) is 14.5 Å². The maximum absolute atomic E-state index is 14.5. The lowest BCUT2D eigenvalue weighted by Gasteiger charge is -2.36.